The number of carbonyl (C=O) groups is 1. The van der Waals surface area contributed by atoms with E-state index in [1.807, 2.05) is 0 Å². The number of benzene rings is 1. The average Bonchev–Trinajstić information content (AvgIpc) is 2.23. The van der Waals surface area contributed by atoms with Gasteiger partial charge in [0.05, 0.1) is 11.7 Å². The van der Waals surface area contributed by atoms with E-state index in [9.17, 15) is 4.79 Å². The molecule has 0 radical (unpaired) electrons. The smallest absolute Gasteiger partial charge is 0.349 e. The number of hydrogen-bond donors (Lipinski definition) is 0. The fourth-order valence-electron chi connectivity index (χ4n) is 1.40. The Morgan fingerprint density at radius 1 is 1.27 bits per heavy atom. The Balaban J connectivity index is 1.99. The summed E-state index contributed by atoms with van der Waals surface area (Å²) in [6.07, 6.45) is 3.87. The zero-order valence-corrected chi connectivity index (χ0v) is 9.70. The Bertz CT molecular complexity index is 343. The lowest BCUT2D eigenvalue weighted by Crippen LogP contribution is -2.24. The Labute approximate surface area is 96.8 Å². The molecule has 0 saturated heterocycles. The van der Waals surface area contributed by atoms with E-state index in [-0.39, 0.29) is 0 Å². The maximum absolute atomic E-state index is 11.1. The lowest BCUT2D eigenvalue weighted by atomic mass is 9.96. The number of carbonyl (C=O) groups excluding carboxylic acids is 1. The lowest BCUT2D eigenvalue weighted by molar-refractivity contribution is 0.0781. The molecule has 80 valence electrons. The van der Waals surface area contributed by atoms with Crippen LogP contribution in [0.3, 0.4) is 0 Å². The molecular weight excluding hydrogens is 260 g/mol. The highest BCUT2D eigenvalue weighted by Crippen LogP contribution is 2.25. The molecule has 0 aliphatic heterocycles. The molecule has 3 nitrogen and oxygen atoms in total. The van der Waals surface area contributed by atoms with Crippen LogP contribution in [0.15, 0.2) is 24.3 Å². The molecule has 1 aromatic carbocycles. The van der Waals surface area contributed by atoms with E-state index in [2.05, 4.69) is 20.1 Å². The van der Waals surface area contributed by atoms with Gasteiger partial charge in [0.25, 0.3) is 0 Å². The molecule has 0 atom stereocenters. The summed E-state index contributed by atoms with van der Waals surface area (Å²) in [4.78, 5) is 11.1. The molecule has 4 heteroatoms. The van der Waals surface area contributed by atoms with Crippen LogP contribution in [0.5, 0.6) is 5.75 Å². The zero-order valence-electron chi connectivity index (χ0n) is 8.11. The summed E-state index contributed by atoms with van der Waals surface area (Å²) in [5, 5.41) is 0. The maximum atomic E-state index is 11.1. The van der Waals surface area contributed by atoms with Crippen molar-refractivity contribution in [1.82, 2.24) is 0 Å². The first-order valence-electron chi connectivity index (χ1n) is 4.89. The van der Waals surface area contributed by atoms with Gasteiger partial charge in [0.2, 0.25) is 0 Å². The minimum Gasteiger partial charge on any atom is -0.490 e. The predicted octanol–water partition coefficient (Wildman–Crippen LogP) is 3.08. The molecule has 15 heavy (non-hydrogen) atoms. The van der Waals surface area contributed by atoms with Gasteiger partial charge in [-0.25, -0.2) is 4.79 Å². The second kappa shape index (κ2) is 4.66. The topological polar surface area (TPSA) is 35.5 Å². The van der Waals surface area contributed by atoms with Crippen molar-refractivity contribution in [2.75, 3.05) is 0 Å². The second-order valence-corrected chi connectivity index (χ2v) is 3.88. The second-order valence-electron chi connectivity index (χ2n) is 3.56. The lowest BCUT2D eigenvalue weighted by Gasteiger charge is -2.26. The minimum absolute atomic E-state index is 0.360. The van der Waals surface area contributed by atoms with Gasteiger partial charge in [-0.15, -0.1) is 0 Å². The molecule has 1 aromatic rings. The van der Waals surface area contributed by atoms with E-state index in [4.69, 9.17) is 4.74 Å². The van der Waals surface area contributed by atoms with Gasteiger partial charge >= 0.3 is 5.97 Å². The van der Waals surface area contributed by atoms with Gasteiger partial charge in [0.15, 0.2) is 16.3 Å². The van der Waals surface area contributed by atoms with Crippen molar-refractivity contribution in [3.63, 3.8) is 0 Å². The van der Waals surface area contributed by atoms with Crippen molar-refractivity contribution in [3.05, 3.63) is 29.8 Å². The van der Waals surface area contributed by atoms with Crippen molar-refractivity contribution in [3.8, 4) is 5.75 Å². The fraction of sp³-hybridized carbons (Fsp3) is 0.364. The summed E-state index contributed by atoms with van der Waals surface area (Å²) >= 11 is 2.65. The van der Waals surface area contributed by atoms with Crippen LogP contribution >= 0.6 is 16.3 Å². The highest BCUT2D eigenvalue weighted by Gasteiger charge is 2.19. The molecule has 0 heterocycles. The maximum Gasteiger partial charge on any atom is 0.349 e. The van der Waals surface area contributed by atoms with E-state index in [1.54, 1.807) is 24.3 Å². The molecule has 0 N–H and O–H groups in total. The van der Waals surface area contributed by atoms with Crippen molar-refractivity contribution in [2.45, 2.75) is 25.4 Å². The summed E-state index contributed by atoms with van der Waals surface area (Å²) in [5.74, 6) is 0.413. The van der Waals surface area contributed by atoms with Crippen LogP contribution in [0.4, 0.5) is 0 Å². The molecule has 1 fully saturated rings. The Kier molecular flexibility index (Phi) is 3.26. The predicted molar refractivity (Wildman–Crippen MR) is 59.1 cm³/mol. The van der Waals surface area contributed by atoms with E-state index in [0.29, 0.717) is 11.7 Å². The van der Waals surface area contributed by atoms with E-state index >= 15 is 0 Å². The van der Waals surface area contributed by atoms with Crippen LogP contribution < -0.4 is 4.74 Å². The Hall–Kier alpha value is -1.03. The van der Waals surface area contributed by atoms with Gasteiger partial charge in [-0.3, -0.25) is 0 Å². The monoisotopic (exact) mass is 270 g/mol. The summed E-state index contributed by atoms with van der Waals surface area (Å²) in [6, 6.07) is 6.96. The molecule has 1 aliphatic carbocycles. The van der Waals surface area contributed by atoms with Crippen LogP contribution in [0, 0.1) is 0 Å². The molecule has 1 aliphatic rings. The summed E-state index contributed by atoms with van der Waals surface area (Å²) in [5.41, 5.74) is 0.507. The highest BCUT2D eigenvalue weighted by molar-refractivity contribution is 9.06. The summed E-state index contributed by atoms with van der Waals surface area (Å²) < 4.78 is 10.1. The number of ether oxygens (including phenoxy) is 1. The van der Waals surface area contributed by atoms with Gasteiger partial charge in [-0.05, 0) is 43.5 Å². The van der Waals surface area contributed by atoms with Crippen LogP contribution in [0.25, 0.3) is 0 Å². The number of hydrogen-bond acceptors (Lipinski definition) is 3. The van der Waals surface area contributed by atoms with E-state index < -0.39 is 5.97 Å². The molecule has 0 unspecified atom stereocenters. The third kappa shape index (κ3) is 2.50. The van der Waals surface area contributed by atoms with Gasteiger partial charge in [0.1, 0.15) is 5.75 Å². The zero-order chi connectivity index (χ0) is 10.7. The van der Waals surface area contributed by atoms with Gasteiger partial charge in [0, 0.05) is 0 Å². The number of halogens is 1. The first-order chi connectivity index (χ1) is 7.29. The van der Waals surface area contributed by atoms with Crippen molar-refractivity contribution in [2.24, 2.45) is 0 Å². The van der Waals surface area contributed by atoms with Gasteiger partial charge in [-0.1, -0.05) is 0 Å². The summed E-state index contributed by atoms with van der Waals surface area (Å²) in [7, 11) is 0. The number of rotatable bonds is 3. The molecule has 0 bridgehead atoms. The van der Waals surface area contributed by atoms with Crippen LogP contribution in [0.1, 0.15) is 29.6 Å². The minimum atomic E-state index is -0.398. The first kappa shape index (κ1) is 10.5. The molecule has 0 spiro atoms. The van der Waals surface area contributed by atoms with Gasteiger partial charge < -0.3 is 8.57 Å². The molecule has 0 amide bonds. The van der Waals surface area contributed by atoms with E-state index in [0.717, 1.165) is 18.6 Å². The standard InChI is InChI=1S/C11H11BrO3/c12-15-11(13)8-4-6-10(7-5-8)14-9-2-1-3-9/h4-7,9H,1-3H2. The van der Waals surface area contributed by atoms with E-state index in [1.165, 1.54) is 6.42 Å². The Morgan fingerprint density at radius 3 is 2.40 bits per heavy atom. The van der Waals surface area contributed by atoms with Crippen molar-refractivity contribution < 1.29 is 13.4 Å². The largest absolute Gasteiger partial charge is 0.490 e. The van der Waals surface area contributed by atoms with Gasteiger partial charge in [-0.2, -0.15) is 0 Å². The first-order valence-corrected chi connectivity index (χ1v) is 5.54. The molecule has 2 rings (SSSR count). The normalized spacial score (nSPS) is 15.5. The molecular formula is C11H11BrO3. The molecule has 0 aromatic heterocycles. The molecule has 1 saturated carbocycles. The summed E-state index contributed by atoms with van der Waals surface area (Å²) in [6.45, 7) is 0. The van der Waals surface area contributed by atoms with Crippen LogP contribution in [-0.2, 0) is 3.83 Å². The third-order valence-corrected chi connectivity index (χ3v) is 2.81. The van der Waals surface area contributed by atoms with Crippen molar-refractivity contribution >= 4 is 22.2 Å². The Morgan fingerprint density at radius 2 is 1.93 bits per heavy atom. The van der Waals surface area contributed by atoms with Crippen molar-refractivity contribution in [1.29, 1.82) is 0 Å². The highest BCUT2D eigenvalue weighted by atomic mass is 79.9. The average molecular weight is 271 g/mol. The van der Waals surface area contributed by atoms with Crippen LogP contribution in [-0.4, -0.2) is 12.1 Å². The fourth-order valence-corrected chi connectivity index (χ4v) is 1.58. The van der Waals surface area contributed by atoms with Crippen LogP contribution in [0.2, 0.25) is 0 Å². The SMILES string of the molecule is O=C(OBr)c1ccc(OC2CCC2)cc1. The third-order valence-electron chi connectivity index (χ3n) is 2.52. The quantitative estimate of drug-likeness (QED) is 0.847.